The minimum Gasteiger partial charge on any atom is -0.497 e. The van der Waals surface area contributed by atoms with Crippen molar-refractivity contribution in [2.24, 2.45) is 0 Å². The van der Waals surface area contributed by atoms with E-state index in [0.717, 1.165) is 28.7 Å². The Morgan fingerprint density at radius 3 is 2.22 bits per heavy atom. The van der Waals surface area contributed by atoms with E-state index < -0.39 is 6.04 Å². The molecule has 0 heterocycles. The summed E-state index contributed by atoms with van der Waals surface area (Å²) in [7, 11) is 1.61. The zero-order chi connectivity index (χ0) is 26.8. The summed E-state index contributed by atoms with van der Waals surface area (Å²) in [5, 5.41) is 3.08. The summed E-state index contributed by atoms with van der Waals surface area (Å²) in [6.45, 7) is 8.05. The van der Waals surface area contributed by atoms with E-state index in [1.54, 1.807) is 12.0 Å². The van der Waals surface area contributed by atoms with E-state index in [-0.39, 0.29) is 31.0 Å². The number of ether oxygens (including phenoxy) is 2. The molecule has 0 aliphatic heterocycles. The van der Waals surface area contributed by atoms with Crippen LogP contribution in [-0.2, 0) is 22.6 Å². The SMILES string of the molecule is CC[C@@H](C)NC(=O)[C@H](Cc1ccccc1)N(Cc1cccc(OC)c1)C(=O)COc1cc(C)cc(C)c1. The van der Waals surface area contributed by atoms with Crippen LogP contribution in [0.3, 0.4) is 0 Å². The van der Waals surface area contributed by atoms with Gasteiger partial charge in [-0.25, -0.2) is 0 Å². The van der Waals surface area contributed by atoms with Gasteiger partial charge < -0.3 is 19.7 Å². The van der Waals surface area contributed by atoms with Gasteiger partial charge in [-0.3, -0.25) is 9.59 Å². The van der Waals surface area contributed by atoms with E-state index in [1.165, 1.54) is 0 Å². The van der Waals surface area contributed by atoms with Crippen LogP contribution in [0.15, 0.2) is 72.8 Å². The van der Waals surface area contributed by atoms with Gasteiger partial charge in [0.2, 0.25) is 5.91 Å². The Morgan fingerprint density at radius 2 is 1.57 bits per heavy atom. The minimum atomic E-state index is -0.710. The number of hydrogen-bond donors (Lipinski definition) is 1. The van der Waals surface area contributed by atoms with E-state index in [4.69, 9.17) is 9.47 Å². The number of benzene rings is 3. The summed E-state index contributed by atoms with van der Waals surface area (Å²) in [5.74, 6) is 0.888. The highest BCUT2D eigenvalue weighted by Gasteiger charge is 2.31. The predicted molar refractivity (Wildman–Crippen MR) is 147 cm³/mol. The van der Waals surface area contributed by atoms with Gasteiger partial charge in [0.05, 0.1) is 7.11 Å². The molecule has 6 heteroatoms. The van der Waals surface area contributed by atoms with Crippen molar-refractivity contribution in [1.29, 1.82) is 0 Å². The maximum atomic E-state index is 13.7. The third kappa shape index (κ3) is 8.38. The monoisotopic (exact) mass is 502 g/mol. The first-order chi connectivity index (χ1) is 17.8. The van der Waals surface area contributed by atoms with Gasteiger partial charge >= 0.3 is 0 Å². The summed E-state index contributed by atoms with van der Waals surface area (Å²) in [4.78, 5) is 28.9. The molecule has 1 N–H and O–H groups in total. The number of methoxy groups -OCH3 is 1. The number of aryl methyl sites for hydroxylation is 2. The number of nitrogens with one attached hydrogen (secondary N) is 1. The van der Waals surface area contributed by atoms with Gasteiger partial charge in [0.15, 0.2) is 6.61 Å². The lowest BCUT2D eigenvalue weighted by molar-refractivity contribution is -0.143. The van der Waals surface area contributed by atoms with Crippen molar-refractivity contribution in [2.45, 2.75) is 59.2 Å². The van der Waals surface area contributed by atoms with Crippen LogP contribution in [0.1, 0.15) is 42.5 Å². The number of rotatable bonds is 12. The molecule has 196 valence electrons. The molecule has 3 aromatic carbocycles. The normalized spacial score (nSPS) is 12.4. The first-order valence-corrected chi connectivity index (χ1v) is 12.8. The average Bonchev–Trinajstić information content (AvgIpc) is 2.89. The Bertz CT molecular complexity index is 1160. The number of hydrogen-bond acceptors (Lipinski definition) is 4. The number of amides is 2. The fourth-order valence-corrected chi connectivity index (χ4v) is 4.21. The van der Waals surface area contributed by atoms with Crippen molar-refractivity contribution in [3.63, 3.8) is 0 Å². The van der Waals surface area contributed by atoms with Crippen LogP contribution in [0.2, 0.25) is 0 Å². The van der Waals surface area contributed by atoms with Gasteiger partial charge in [0, 0.05) is 19.0 Å². The maximum absolute atomic E-state index is 13.7. The number of carbonyl (C=O) groups excluding carboxylic acids is 2. The molecule has 37 heavy (non-hydrogen) atoms. The molecule has 2 atom stereocenters. The highest BCUT2D eigenvalue weighted by molar-refractivity contribution is 5.88. The minimum absolute atomic E-state index is 0.00827. The van der Waals surface area contributed by atoms with Crippen molar-refractivity contribution in [3.05, 3.63) is 95.1 Å². The third-order valence-electron chi connectivity index (χ3n) is 6.32. The van der Waals surface area contributed by atoms with Crippen LogP contribution in [0, 0.1) is 13.8 Å². The van der Waals surface area contributed by atoms with Crippen LogP contribution in [0.5, 0.6) is 11.5 Å². The molecule has 0 unspecified atom stereocenters. The Kier molecular flexibility index (Phi) is 10.1. The Labute approximate surface area is 220 Å². The van der Waals surface area contributed by atoms with Gasteiger partial charge in [0.25, 0.3) is 5.91 Å². The van der Waals surface area contributed by atoms with Crippen molar-refractivity contribution in [2.75, 3.05) is 13.7 Å². The molecule has 6 nitrogen and oxygen atoms in total. The molecule has 3 rings (SSSR count). The van der Waals surface area contributed by atoms with Crippen LogP contribution >= 0.6 is 0 Å². The topological polar surface area (TPSA) is 67.9 Å². The molecule has 0 aliphatic carbocycles. The van der Waals surface area contributed by atoms with Crippen molar-refractivity contribution >= 4 is 11.8 Å². The molecule has 3 aromatic rings. The fourth-order valence-electron chi connectivity index (χ4n) is 4.21. The van der Waals surface area contributed by atoms with Crippen molar-refractivity contribution in [3.8, 4) is 11.5 Å². The molecule has 2 amide bonds. The zero-order valence-corrected chi connectivity index (χ0v) is 22.5. The molecule has 0 spiro atoms. The molecule has 0 aliphatic rings. The lowest BCUT2D eigenvalue weighted by atomic mass is 10.0. The smallest absolute Gasteiger partial charge is 0.261 e. The molecular formula is C31H38N2O4. The summed E-state index contributed by atoms with van der Waals surface area (Å²) in [6, 6.07) is 22.5. The van der Waals surface area contributed by atoms with Gasteiger partial charge in [-0.15, -0.1) is 0 Å². The summed E-state index contributed by atoms with van der Waals surface area (Å²) < 4.78 is 11.3. The molecule has 0 aromatic heterocycles. The summed E-state index contributed by atoms with van der Waals surface area (Å²) >= 11 is 0. The fraction of sp³-hybridized carbons (Fsp3) is 0.355. The largest absolute Gasteiger partial charge is 0.497 e. The molecule has 0 bridgehead atoms. The Hall–Kier alpha value is -3.80. The van der Waals surface area contributed by atoms with E-state index in [0.29, 0.717) is 17.9 Å². The number of nitrogens with zero attached hydrogens (tertiary/aromatic N) is 1. The second-order valence-corrected chi connectivity index (χ2v) is 9.51. The van der Waals surface area contributed by atoms with Gasteiger partial charge in [-0.1, -0.05) is 55.5 Å². The standard InChI is InChI=1S/C31H38N2O4/c1-6-24(4)32-31(35)29(19-25-11-8-7-9-12-25)33(20-26-13-10-14-27(18-26)36-5)30(34)21-37-28-16-22(2)15-23(3)17-28/h7-18,24,29H,6,19-21H2,1-5H3,(H,32,35)/t24-,29+/m1/s1. The number of carbonyl (C=O) groups is 2. The van der Waals surface area contributed by atoms with Crippen LogP contribution in [0.4, 0.5) is 0 Å². The maximum Gasteiger partial charge on any atom is 0.261 e. The highest BCUT2D eigenvalue weighted by atomic mass is 16.5. The van der Waals surface area contributed by atoms with E-state index in [2.05, 4.69) is 11.4 Å². The first-order valence-electron chi connectivity index (χ1n) is 12.8. The van der Waals surface area contributed by atoms with E-state index in [1.807, 2.05) is 94.4 Å². The van der Waals surface area contributed by atoms with Crippen molar-refractivity contribution < 1.29 is 19.1 Å². The van der Waals surface area contributed by atoms with Crippen LogP contribution in [-0.4, -0.2) is 42.5 Å². The molecule has 0 fully saturated rings. The average molecular weight is 503 g/mol. The first kappa shape index (κ1) is 27.8. The van der Waals surface area contributed by atoms with Crippen LogP contribution < -0.4 is 14.8 Å². The van der Waals surface area contributed by atoms with Crippen molar-refractivity contribution in [1.82, 2.24) is 10.2 Å². The predicted octanol–water partition coefficient (Wildman–Crippen LogP) is 5.25. The van der Waals surface area contributed by atoms with E-state index in [9.17, 15) is 9.59 Å². The van der Waals surface area contributed by atoms with Crippen LogP contribution in [0.25, 0.3) is 0 Å². The quantitative estimate of drug-likeness (QED) is 0.368. The second kappa shape index (κ2) is 13.5. The highest BCUT2D eigenvalue weighted by Crippen LogP contribution is 2.20. The summed E-state index contributed by atoms with van der Waals surface area (Å²) in [6.07, 6.45) is 1.19. The Morgan fingerprint density at radius 1 is 0.892 bits per heavy atom. The lowest BCUT2D eigenvalue weighted by Gasteiger charge is -2.32. The second-order valence-electron chi connectivity index (χ2n) is 9.51. The third-order valence-corrected chi connectivity index (χ3v) is 6.32. The molecule has 0 saturated heterocycles. The van der Waals surface area contributed by atoms with Gasteiger partial charge in [0.1, 0.15) is 17.5 Å². The Balaban J connectivity index is 1.94. The molecular weight excluding hydrogens is 464 g/mol. The van der Waals surface area contributed by atoms with Gasteiger partial charge in [-0.2, -0.15) is 0 Å². The molecule has 0 saturated carbocycles. The zero-order valence-electron chi connectivity index (χ0n) is 22.5. The molecule has 0 radical (unpaired) electrons. The van der Waals surface area contributed by atoms with E-state index >= 15 is 0 Å². The van der Waals surface area contributed by atoms with Gasteiger partial charge in [-0.05, 0) is 73.7 Å². The summed E-state index contributed by atoms with van der Waals surface area (Å²) in [5.41, 5.74) is 3.97. The lowest BCUT2D eigenvalue weighted by Crippen LogP contribution is -2.53.